The van der Waals surface area contributed by atoms with E-state index in [9.17, 15) is 18.8 Å². The molecular weight excluding hydrogens is 589 g/mol. The fraction of sp³-hybridized carbons (Fsp3) is 0.312. The second kappa shape index (κ2) is 13.3. The van der Waals surface area contributed by atoms with Gasteiger partial charge < -0.3 is 14.4 Å². The quantitative estimate of drug-likeness (QED) is 0.282. The van der Waals surface area contributed by atoms with Crippen molar-refractivity contribution in [2.24, 2.45) is 4.99 Å². The molecule has 5 rings (SSSR count). The molecule has 3 aromatic carbocycles. The smallest absolute Gasteiger partial charge is 0.335 e. The van der Waals surface area contributed by atoms with Gasteiger partial charge in [-0.2, -0.15) is 0 Å². The molecule has 2 heterocycles. The average Bonchev–Trinajstić information content (AvgIpc) is 3.34. The summed E-state index contributed by atoms with van der Waals surface area (Å²) in [5.41, 5.74) is 0.451. The number of carbonyl (C=O) groups is 1. The van der Waals surface area contributed by atoms with Crippen molar-refractivity contribution in [3.8, 4) is 11.5 Å². The summed E-state index contributed by atoms with van der Waals surface area (Å²) in [5, 5.41) is 0.532. The van der Waals surface area contributed by atoms with Crippen molar-refractivity contribution in [1.29, 1.82) is 0 Å². The van der Waals surface area contributed by atoms with Crippen molar-refractivity contribution in [3.05, 3.63) is 115 Å². The fourth-order valence-corrected chi connectivity index (χ4v) is 5.21. The topological polar surface area (TPSA) is 111 Å². The lowest BCUT2D eigenvalue weighted by atomic mass is 10.1. The summed E-state index contributed by atoms with van der Waals surface area (Å²) in [6.45, 7) is 3.96. The Labute approximate surface area is 258 Å². The van der Waals surface area contributed by atoms with Gasteiger partial charge in [0.2, 0.25) is 11.5 Å². The molecule has 1 atom stereocenters. The van der Waals surface area contributed by atoms with Gasteiger partial charge in [-0.3, -0.25) is 14.3 Å². The molecule has 1 aromatic heterocycles. The van der Waals surface area contributed by atoms with Crippen LogP contribution < -0.4 is 26.5 Å². The number of likely N-dealkylation sites (tertiary alicyclic amines) is 1. The highest BCUT2D eigenvalue weighted by atomic mass is 35.5. The first-order valence-corrected chi connectivity index (χ1v) is 14.6. The Hall–Kier alpha value is -4.64. The molecule has 1 fully saturated rings. The summed E-state index contributed by atoms with van der Waals surface area (Å²) in [6, 6.07) is 18.1. The van der Waals surface area contributed by atoms with E-state index in [-0.39, 0.29) is 48.2 Å². The Balaban J connectivity index is 1.52. The number of nitrogens with one attached hydrogen (secondary N) is 1. The average molecular weight is 622 g/mol. The molecule has 0 bridgehead atoms. The lowest BCUT2D eigenvalue weighted by molar-refractivity contribution is -0.129. The number of H-pyrrole nitrogens is 1. The highest BCUT2D eigenvalue weighted by Crippen LogP contribution is 2.24. The number of hydrogen-bond donors (Lipinski definition) is 1. The molecule has 10 nitrogen and oxygen atoms in total. The number of amides is 1. The molecule has 0 saturated carbocycles. The van der Waals surface area contributed by atoms with E-state index in [4.69, 9.17) is 21.1 Å². The van der Waals surface area contributed by atoms with Gasteiger partial charge in [-0.05, 0) is 67.8 Å². The highest BCUT2D eigenvalue weighted by Gasteiger charge is 2.32. The minimum Gasteiger partial charge on any atom is -0.497 e. The second-order valence-corrected chi connectivity index (χ2v) is 11.3. The van der Waals surface area contributed by atoms with Crippen LogP contribution in [-0.4, -0.2) is 44.2 Å². The van der Waals surface area contributed by atoms with E-state index < -0.39 is 17.2 Å². The Morgan fingerprint density at radius 3 is 2.32 bits per heavy atom. The summed E-state index contributed by atoms with van der Waals surface area (Å²) < 4.78 is 27.8. The predicted octanol–water partition coefficient (Wildman–Crippen LogP) is 4.40. The summed E-state index contributed by atoms with van der Waals surface area (Å²) in [5.74, 6) is 0.0993. The van der Waals surface area contributed by atoms with Gasteiger partial charge in [0.25, 0.3) is 0 Å². The Kier molecular flexibility index (Phi) is 9.34. The number of methoxy groups -OCH3 is 1. The van der Waals surface area contributed by atoms with E-state index >= 15 is 0 Å². The van der Waals surface area contributed by atoms with Crippen molar-refractivity contribution >= 4 is 23.2 Å². The largest absolute Gasteiger partial charge is 0.497 e. The first-order chi connectivity index (χ1) is 21.1. The summed E-state index contributed by atoms with van der Waals surface area (Å²) in [4.78, 5) is 48.9. The lowest BCUT2D eigenvalue weighted by Crippen LogP contribution is -2.52. The van der Waals surface area contributed by atoms with Crippen LogP contribution in [0.15, 0.2) is 81.3 Å². The SMILES string of the molecule is COc1ccc(CN2C(=O)CC[C@H]2Cn2c(=O)[nH]/c(=N\c3ccc(OC(C)C)c(F)c3)n(Cc3ccc(Cl)cc3)c2=O)cc1. The van der Waals surface area contributed by atoms with Gasteiger partial charge in [-0.1, -0.05) is 35.9 Å². The molecule has 4 aromatic rings. The van der Waals surface area contributed by atoms with Crippen LogP contribution in [0.1, 0.15) is 37.8 Å². The van der Waals surface area contributed by atoms with Crippen LogP contribution in [0.25, 0.3) is 0 Å². The van der Waals surface area contributed by atoms with Gasteiger partial charge in [0.1, 0.15) is 5.75 Å². The van der Waals surface area contributed by atoms with Gasteiger partial charge in [0, 0.05) is 24.1 Å². The maximum absolute atomic E-state index is 14.7. The Bertz CT molecular complexity index is 1830. The zero-order chi connectivity index (χ0) is 31.4. The van der Waals surface area contributed by atoms with Gasteiger partial charge in [0.05, 0.1) is 38.0 Å². The van der Waals surface area contributed by atoms with Crippen molar-refractivity contribution in [2.75, 3.05) is 7.11 Å². The van der Waals surface area contributed by atoms with E-state index in [2.05, 4.69) is 9.98 Å². The maximum Gasteiger partial charge on any atom is 0.335 e. The number of carbonyl (C=O) groups excluding carboxylic acids is 1. The number of ether oxygens (including phenoxy) is 2. The molecule has 12 heteroatoms. The number of aromatic amines is 1. The molecule has 1 aliphatic rings. The monoisotopic (exact) mass is 621 g/mol. The molecule has 0 radical (unpaired) electrons. The van der Waals surface area contributed by atoms with Crippen molar-refractivity contribution in [2.45, 2.75) is 58.5 Å². The van der Waals surface area contributed by atoms with Gasteiger partial charge >= 0.3 is 11.4 Å². The number of halogens is 2. The minimum absolute atomic E-state index is 0.00712. The Morgan fingerprint density at radius 2 is 1.66 bits per heavy atom. The van der Waals surface area contributed by atoms with Gasteiger partial charge in [-0.15, -0.1) is 0 Å². The van der Waals surface area contributed by atoms with Crippen LogP contribution in [-0.2, 0) is 24.4 Å². The molecular formula is C32H33ClFN5O5. The molecule has 0 spiro atoms. The van der Waals surface area contributed by atoms with Crippen LogP contribution in [0, 0.1) is 5.82 Å². The number of benzene rings is 3. The molecule has 1 amide bonds. The van der Waals surface area contributed by atoms with Gasteiger partial charge in [-0.25, -0.2) is 23.5 Å². The van der Waals surface area contributed by atoms with E-state index in [1.165, 1.54) is 16.7 Å². The standard InChI is InChI=1S/C32H33ClFN5O5/c1-20(2)44-28-14-10-24(16-27(28)34)35-30-36-31(41)39(32(42)38(30)18-21-4-8-23(33)9-5-21)19-25-11-15-29(40)37(25)17-22-6-12-26(43-3)13-7-22/h4-10,12-14,16,20,25H,11,15,17-19H2,1-3H3,(H,35,36,41)/t25-/m0/s1. The molecule has 230 valence electrons. The molecule has 44 heavy (non-hydrogen) atoms. The first kappa shape index (κ1) is 30.8. The second-order valence-electron chi connectivity index (χ2n) is 10.8. The first-order valence-electron chi connectivity index (χ1n) is 14.2. The number of aromatic nitrogens is 3. The zero-order valence-electron chi connectivity index (χ0n) is 24.6. The number of rotatable bonds is 10. The molecule has 0 unspecified atom stereocenters. The lowest BCUT2D eigenvalue weighted by Gasteiger charge is -2.25. The Morgan fingerprint density at radius 1 is 0.977 bits per heavy atom. The predicted molar refractivity (Wildman–Crippen MR) is 164 cm³/mol. The third-order valence-corrected chi connectivity index (χ3v) is 7.56. The minimum atomic E-state index is -0.690. The van der Waals surface area contributed by atoms with Crippen LogP contribution in [0.5, 0.6) is 11.5 Å². The normalized spacial score (nSPS) is 15.3. The highest BCUT2D eigenvalue weighted by molar-refractivity contribution is 6.30. The summed E-state index contributed by atoms with van der Waals surface area (Å²) >= 11 is 6.06. The van der Waals surface area contributed by atoms with Crippen LogP contribution in [0.3, 0.4) is 0 Å². The van der Waals surface area contributed by atoms with Crippen molar-refractivity contribution < 1.29 is 18.7 Å². The van der Waals surface area contributed by atoms with Crippen LogP contribution >= 0.6 is 11.6 Å². The van der Waals surface area contributed by atoms with Crippen LogP contribution in [0.2, 0.25) is 5.02 Å². The molecule has 1 aliphatic heterocycles. The fourth-order valence-electron chi connectivity index (χ4n) is 5.09. The maximum atomic E-state index is 14.7. The van der Waals surface area contributed by atoms with E-state index in [1.807, 2.05) is 24.3 Å². The van der Waals surface area contributed by atoms with Crippen molar-refractivity contribution in [3.63, 3.8) is 0 Å². The van der Waals surface area contributed by atoms with Gasteiger partial charge in [0.15, 0.2) is 11.6 Å². The summed E-state index contributed by atoms with van der Waals surface area (Å²) in [7, 11) is 1.58. The van der Waals surface area contributed by atoms with E-state index in [1.54, 1.807) is 56.2 Å². The van der Waals surface area contributed by atoms with Crippen LogP contribution in [0.4, 0.5) is 10.1 Å². The third-order valence-electron chi connectivity index (χ3n) is 7.31. The third kappa shape index (κ3) is 7.11. The zero-order valence-corrected chi connectivity index (χ0v) is 25.4. The number of nitrogens with zero attached hydrogens (tertiary/aromatic N) is 4. The van der Waals surface area contributed by atoms with E-state index in [0.717, 1.165) is 15.7 Å². The molecule has 1 N–H and O–H groups in total. The molecule has 0 aliphatic carbocycles. The summed E-state index contributed by atoms with van der Waals surface area (Å²) in [6.07, 6.45) is 0.585. The number of hydrogen-bond acceptors (Lipinski definition) is 6. The molecule has 1 saturated heterocycles. The van der Waals surface area contributed by atoms with Crippen molar-refractivity contribution in [1.82, 2.24) is 19.0 Å². The van der Waals surface area contributed by atoms with E-state index in [0.29, 0.717) is 30.2 Å².